The number of hydrogen-bond acceptors (Lipinski definition) is 1. The Morgan fingerprint density at radius 2 is 1.80 bits per heavy atom. The lowest BCUT2D eigenvalue weighted by Crippen LogP contribution is -3.01. The highest BCUT2D eigenvalue weighted by molar-refractivity contribution is 6.16. The molecule has 25 heavy (non-hydrogen) atoms. The summed E-state index contributed by atoms with van der Waals surface area (Å²) in [4.78, 5) is 12.8. The summed E-state index contributed by atoms with van der Waals surface area (Å²) >= 11 is 0. The van der Waals surface area contributed by atoms with E-state index in [4.69, 9.17) is 0 Å². The highest BCUT2D eigenvalue weighted by atomic mass is 16.1. The van der Waals surface area contributed by atoms with Gasteiger partial charge in [0.25, 0.3) is 0 Å². The van der Waals surface area contributed by atoms with Crippen molar-refractivity contribution in [3.8, 4) is 0 Å². The molecule has 1 N–H and O–H groups in total. The van der Waals surface area contributed by atoms with Gasteiger partial charge in [-0.25, -0.2) is 0 Å². The fourth-order valence-electron chi connectivity index (χ4n) is 3.97. The average molecular weight is 328 g/mol. The van der Waals surface area contributed by atoms with Gasteiger partial charge in [-0.15, -0.1) is 0 Å². The zero-order valence-corrected chi connectivity index (χ0v) is 14.8. The maximum atomic E-state index is 11.5. The van der Waals surface area contributed by atoms with E-state index in [1.54, 1.807) is 12.2 Å². The summed E-state index contributed by atoms with van der Waals surface area (Å²) in [5.74, 6) is 0.0574. The lowest BCUT2D eigenvalue weighted by molar-refractivity contribution is -0.764. The second-order valence-corrected chi connectivity index (χ2v) is 7.31. The monoisotopic (exact) mass is 328 g/mol. The maximum absolute atomic E-state index is 11.5. The molecule has 1 aliphatic carbocycles. The Morgan fingerprint density at radius 1 is 1.00 bits per heavy atom. The minimum absolute atomic E-state index is 0.0193. The Kier molecular flexibility index (Phi) is 3.59. The molecule has 2 heteroatoms. The minimum Gasteiger partial charge on any atom is -0.290 e. The molecule has 0 amide bonds. The Bertz CT molecular complexity index is 1050. The average Bonchev–Trinajstić information content (AvgIpc) is 2.80. The molecular formula is C23H22NO+. The Hall–Kier alpha value is -2.71. The second-order valence-electron chi connectivity index (χ2n) is 7.31. The van der Waals surface area contributed by atoms with Gasteiger partial charge < -0.3 is 0 Å². The molecule has 2 aromatic rings. The molecule has 0 aromatic heterocycles. The fraction of sp³-hybridized carbons (Fsp3) is 0.174. The van der Waals surface area contributed by atoms with Crippen molar-refractivity contribution < 1.29 is 9.69 Å². The van der Waals surface area contributed by atoms with E-state index in [9.17, 15) is 4.79 Å². The van der Waals surface area contributed by atoms with Crippen LogP contribution in [0.25, 0.3) is 18.2 Å². The zero-order valence-electron chi connectivity index (χ0n) is 14.8. The van der Waals surface area contributed by atoms with Gasteiger partial charge in [0.1, 0.15) is 11.4 Å². The summed E-state index contributed by atoms with van der Waals surface area (Å²) in [7, 11) is 2.21. The summed E-state index contributed by atoms with van der Waals surface area (Å²) in [5, 5.41) is 2.15. The Balaban J connectivity index is 1.78. The molecule has 1 unspecified atom stereocenters. The van der Waals surface area contributed by atoms with Gasteiger partial charge in [-0.3, -0.25) is 9.69 Å². The fourth-order valence-corrected chi connectivity index (χ4v) is 3.97. The summed E-state index contributed by atoms with van der Waals surface area (Å²) in [5.41, 5.74) is 5.23. The first-order valence-corrected chi connectivity index (χ1v) is 8.67. The third kappa shape index (κ3) is 2.59. The summed E-state index contributed by atoms with van der Waals surface area (Å²) in [6.07, 6.45) is 9.63. The number of rotatable bonds is 1. The molecule has 0 bridgehead atoms. The lowest BCUT2D eigenvalue weighted by atomic mass is 9.84. The van der Waals surface area contributed by atoms with Crippen LogP contribution in [0.5, 0.6) is 0 Å². The number of benzene rings is 2. The molecule has 1 aliphatic heterocycles. The largest absolute Gasteiger partial charge is 0.290 e. The van der Waals surface area contributed by atoms with Crippen LogP contribution in [-0.2, 0) is 10.2 Å². The summed E-state index contributed by atoms with van der Waals surface area (Å²) < 4.78 is 0. The predicted molar refractivity (Wildman–Crippen MR) is 103 cm³/mol. The quantitative estimate of drug-likeness (QED) is 0.848. The number of para-hydroxylation sites is 1. The van der Waals surface area contributed by atoms with Crippen LogP contribution in [0.1, 0.15) is 25.0 Å². The van der Waals surface area contributed by atoms with Crippen molar-refractivity contribution >= 4 is 29.7 Å². The van der Waals surface area contributed by atoms with Crippen molar-refractivity contribution in [2.75, 3.05) is 7.05 Å². The molecule has 2 aliphatic rings. The highest BCUT2D eigenvalue weighted by Gasteiger charge is 2.42. The van der Waals surface area contributed by atoms with Crippen molar-refractivity contribution in [2.24, 2.45) is 0 Å². The first kappa shape index (κ1) is 15.8. The van der Waals surface area contributed by atoms with E-state index in [0.717, 1.165) is 16.0 Å². The van der Waals surface area contributed by atoms with Gasteiger partial charge in [0, 0.05) is 5.56 Å². The second kappa shape index (κ2) is 5.68. The summed E-state index contributed by atoms with van der Waals surface area (Å²) in [6.45, 7) is 4.58. The van der Waals surface area contributed by atoms with Gasteiger partial charge in [0.2, 0.25) is 0 Å². The molecule has 2 nitrogen and oxygen atoms in total. The molecule has 1 atom stereocenters. The van der Waals surface area contributed by atoms with Gasteiger partial charge in [-0.05, 0) is 66.3 Å². The normalized spacial score (nSPS) is 22.7. The third-order valence-electron chi connectivity index (χ3n) is 5.36. The van der Waals surface area contributed by atoms with Crippen molar-refractivity contribution in [3.63, 3.8) is 0 Å². The van der Waals surface area contributed by atoms with E-state index < -0.39 is 0 Å². The van der Waals surface area contributed by atoms with E-state index in [1.165, 1.54) is 21.8 Å². The van der Waals surface area contributed by atoms with Gasteiger partial charge in [0.05, 0.1) is 12.5 Å². The van der Waals surface area contributed by atoms with Crippen molar-refractivity contribution in [1.82, 2.24) is 0 Å². The first-order valence-electron chi connectivity index (χ1n) is 8.67. The van der Waals surface area contributed by atoms with Crippen LogP contribution in [-0.4, -0.2) is 12.8 Å². The van der Waals surface area contributed by atoms with Gasteiger partial charge in [-0.1, -0.05) is 36.4 Å². The van der Waals surface area contributed by atoms with E-state index in [1.807, 2.05) is 12.1 Å². The molecule has 4 rings (SSSR count). The number of hydrogen-bond donors (Lipinski definition) is 1. The van der Waals surface area contributed by atoms with Gasteiger partial charge in [-0.2, -0.15) is 0 Å². The molecule has 0 spiro atoms. The summed E-state index contributed by atoms with van der Waals surface area (Å²) in [6, 6.07) is 14.9. The number of fused-ring (bicyclic) bond motifs is 2. The predicted octanol–water partition coefficient (Wildman–Crippen LogP) is 1.87. The SMILES string of the molecule is C[NH+]1C(=CC=c2ccc3c(c2)C=CC(=O)C=3)C(C)(C)c2ccccc21. The Labute approximate surface area is 148 Å². The molecule has 0 saturated heterocycles. The highest BCUT2D eigenvalue weighted by Crippen LogP contribution is 2.37. The molecule has 0 fully saturated rings. The van der Waals surface area contributed by atoms with E-state index >= 15 is 0 Å². The van der Waals surface area contributed by atoms with Crippen LogP contribution in [0.3, 0.4) is 0 Å². The number of quaternary nitrogens is 1. The van der Waals surface area contributed by atoms with E-state index in [0.29, 0.717) is 0 Å². The molecule has 0 radical (unpaired) electrons. The topological polar surface area (TPSA) is 21.5 Å². The molecule has 124 valence electrons. The number of likely N-dealkylation sites (N-methyl/N-ethyl adjacent to an activating group) is 1. The van der Waals surface area contributed by atoms with Crippen LogP contribution < -0.4 is 15.3 Å². The van der Waals surface area contributed by atoms with Crippen molar-refractivity contribution in [3.05, 3.63) is 81.9 Å². The van der Waals surface area contributed by atoms with Crippen molar-refractivity contribution in [2.45, 2.75) is 19.3 Å². The Morgan fingerprint density at radius 3 is 2.60 bits per heavy atom. The zero-order chi connectivity index (χ0) is 17.6. The number of ketones is 1. The molecule has 1 heterocycles. The molecule has 0 saturated carbocycles. The maximum Gasteiger partial charge on any atom is 0.179 e. The smallest absolute Gasteiger partial charge is 0.179 e. The van der Waals surface area contributed by atoms with Crippen LogP contribution in [0.4, 0.5) is 5.69 Å². The first-order chi connectivity index (χ1) is 12.0. The standard InChI is InChI=1S/C23H21NO/c1-23(2)20-6-4-5-7-21(20)24(3)22(23)13-9-16-8-10-18-15-19(25)12-11-17(18)14-16/h4-15H,1-3H3/p+1. The van der Waals surface area contributed by atoms with Crippen LogP contribution in [0.2, 0.25) is 0 Å². The number of carbonyl (C=O) groups is 1. The number of allylic oxidation sites excluding steroid dienone is 3. The minimum atomic E-state index is 0.0193. The van der Waals surface area contributed by atoms with Gasteiger partial charge in [0.15, 0.2) is 5.78 Å². The van der Waals surface area contributed by atoms with E-state index in [-0.39, 0.29) is 11.2 Å². The van der Waals surface area contributed by atoms with Crippen LogP contribution in [0, 0.1) is 0 Å². The third-order valence-corrected chi connectivity index (χ3v) is 5.36. The van der Waals surface area contributed by atoms with Crippen LogP contribution >= 0.6 is 0 Å². The van der Waals surface area contributed by atoms with Gasteiger partial charge >= 0.3 is 0 Å². The number of nitrogens with one attached hydrogen (secondary N) is 1. The number of carbonyl (C=O) groups excluding carboxylic acids is 1. The van der Waals surface area contributed by atoms with Crippen LogP contribution in [0.15, 0.2) is 60.3 Å². The molecular weight excluding hydrogens is 306 g/mol. The van der Waals surface area contributed by atoms with Crippen molar-refractivity contribution in [1.29, 1.82) is 0 Å². The molecule has 2 aromatic carbocycles. The van der Waals surface area contributed by atoms with E-state index in [2.05, 4.69) is 69.4 Å². The lowest BCUT2D eigenvalue weighted by Gasteiger charge is -2.18.